The summed E-state index contributed by atoms with van der Waals surface area (Å²) in [6.45, 7) is 1.42. The fraction of sp³-hybridized carbons (Fsp3) is 0.273. The standard InChI is InChI=1S/C11H11N3O/c1-13-5-6-14(11(13)15)10-4-2-3-9(7-10)8-12/h2-4,7H,5-6H2,1H3. The van der Waals surface area contributed by atoms with Gasteiger partial charge >= 0.3 is 6.03 Å². The van der Waals surface area contributed by atoms with Gasteiger partial charge in [-0.25, -0.2) is 4.79 Å². The van der Waals surface area contributed by atoms with Gasteiger partial charge in [0, 0.05) is 25.8 Å². The van der Waals surface area contributed by atoms with Crippen LogP contribution in [0.5, 0.6) is 0 Å². The maximum absolute atomic E-state index is 11.7. The van der Waals surface area contributed by atoms with Gasteiger partial charge in [0.05, 0.1) is 11.6 Å². The molecule has 1 saturated heterocycles. The zero-order chi connectivity index (χ0) is 10.8. The lowest BCUT2D eigenvalue weighted by Gasteiger charge is -2.15. The van der Waals surface area contributed by atoms with E-state index in [4.69, 9.17) is 5.26 Å². The zero-order valence-electron chi connectivity index (χ0n) is 8.47. The maximum atomic E-state index is 11.7. The van der Waals surface area contributed by atoms with Gasteiger partial charge < -0.3 is 4.90 Å². The van der Waals surface area contributed by atoms with Crippen molar-refractivity contribution in [2.24, 2.45) is 0 Å². The Kier molecular flexibility index (Phi) is 2.30. The molecule has 0 saturated carbocycles. The van der Waals surface area contributed by atoms with Crippen LogP contribution in [0, 0.1) is 11.3 Å². The van der Waals surface area contributed by atoms with Crippen molar-refractivity contribution < 1.29 is 4.79 Å². The first kappa shape index (κ1) is 9.53. The van der Waals surface area contributed by atoms with Gasteiger partial charge in [0.1, 0.15) is 0 Å². The van der Waals surface area contributed by atoms with E-state index >= 15 is 0 Å². The van der Waals surface area contributed by atoms with Crippen LogP contribution in [0.3, 0.4) is 0 Å². The number of carbonyl (C=O) groups is 1. The molecule has 15 heavy (non-hydrogen) atoms. The van der Waals surface area contributed by atoms with E-state index in [9.17, 15) is 4.79 Å². The first-order valence-corrected chi connectivity index (χ1v) is 4.75. The van der Waals surface area contributed by atoms with Crippen LogP contribution in [0.15, 0.2) is 24.3 Å². The van der Waals surface area contributed by atoms with E-state index in [1.54, 1.807) is 35.0 Å². The lowest BCUT2D eigenvalue weighted by molar-refractivity contribution is 0.229. The number of likely N-dealkylation sites (N-methyl/N-ethyl adjacent to an activating group) is 1. The van der Waals surface area contributed by atoms with Gasteiger partial charge in [-0.3, -0.25) is 4.90 Å². The fourth-order valence-corrected chi connectivity index (χ4v) is 1.63. The molecule has 1 aliphatic heterocycles. The maximum Gasteiger partial charge on any atom is 0.324 e. The van der Waals surface area contributed by atoms with Gasteiger partial charge in [0.2, 0.25) is 0 Å². The van der Waals surface area contributed by atoms with Crippen LogP contribution in [-0.2, 0) is 0 Å². The van der Waals surface area contributed by atoms with Crippen molar-refractivity contribution in [3.63, 3.8) is 0 Å². The topological polar surface area (TPSA) is 47.3 Å². The number of urea groups is 1. The lowest BCUT2D eigenvalue weighted by Crippen LogP contribution is -2.29. The summed E-state index contributed by atoms with van der Waals surface area (Å²) in [6.07, 6.45) is 0. The number of hydrogen-bond acceptors (Lipinski definition) is 2. The molecule has 1 aromatic rings. The minimum atomic E-state index is -0.00918. The van der Waals surface area contributed by atoms with E-state index < -0.39 is 0 Å². The van der Waals surface area contributed by atoms with Gasteiger partial charge in [0.25, 0.3) is 0 Å². The number of nitriles is 1. The van der Waals surface area contributed by atoms with Crippen molar-refractivity contribution in [1.29, 1.82) is 5.26 Å². The Morgan fingerprint density at radius 3 is 2.80 bits per heavy atom. The minimum absolute atomic E-state index is 0.00918. The molecule has 0 radical (unpaired) electrons. The average molecular weight is 201 g/mol. The highest BCUT2D eigenvalue weighted by atomic mass is 16.2. The van der Waals surface area contributed by atoms with Gasteiger partial charge in [-0.2, -0.15) is 5.26 Å². The third-order valence-corrected chi connectivity index (χ3v) is 2.50. The lowest BCUT2D eigenvalue weighted by atomic mass is 10.2. The molecule has 0 spiro atoms. The molecule has 1 aliphatic rings. The summed E-state index contributed by atoms with van der Waals surface area (Å²) in [5.41, 5.74) is 1.37. The van der Waals surface area contributed by atoms with Crippen LogP contribution in [0.1, 0.15) is 5.56 Å². The first-order chi connectivity index (χ1) is 7.22. The molecule has 1 aromatic carbocycles. The second kappa shape index (κ2) is 3.62. The second-order valence-corrected chi connectivity index (χ2v) is 3.52. The van der Waals surface area contributed by atoms with Crippen molar-refractivity contribution in [1.82, 2.24) is 4.90 Å². The molecule has 0 unspecified atom stereocenters. The quantitative estimate of drug-likeness (QED) is 0.690. The summed E-state index contributed by atoms with van der Waals surface area (Å²) >= 11 is 0. The second-order valence-electron chi connectivity index (χ2n) is 3.52. The molecule has 1 heterocycles. The van der Waals surface area contributed by atoms with Crippen LogP contribution in [0.25, 0.3) is 0 Å². The van der Waals surface area contributed by atoms with Crippen molar-refractivity contribution >= 4 is 11.7 Å². The van der Waals surface area contributed by atoms with Crippen molar-refractivity contribution in [3.05, 3.63) is 29.8 Å². The van der Waals surface area contributed by atoms with Crippen LogP contribution in [0.4, 0.5) is 10.5 Å². The average Bonchev–Trinajstić information content (AvgIpc) is 2.60. The molecule has 76 valence electrons. The Labute approximate surface area is 88.3 Å². The number of carbonyl (C=O) groups excluding carboxylic acids is 1. The van der Waals surface area contributed by atoms with Crippen molar-refractivity contribution in [2.45, 2.75) is 0 Å². The molecule has 4 nitrogen and oxygen atoms in total. The molecule has 0 N–H and O–H groups in total. The summed E-state index contributed by atoms with van der Waals surface area (Å²) in [4.78, 5) is 15.0. The SMILES string of the molecule is CN1CCN(c2cccc(C#N)c2)C1=O. The third-order valence-electron chi connectivity index (χ3n) is 2.50. The Morgan fingerprint density at radius 2 is 2.20 bits per heavy atom. The molecular weight excluding hydrogens is 190 g/mol. The molecule has 0 atom stereocenters. The Bertz CT molecular complexity index is 436. The summed E-state index contributed by atoms with van der Waals surface area (Å²) in [6, 6.07) is 9.16. The van der Waals surface area contributed by atoms with Gasteiger partial charge in [0.15, 0.2) is 0 Å². The minimum Gasteiger partial charge on any atom is -0.326 e. The van der Waals surface area contributed by atoms with E-state index in [1.807, 2.05) is 6.07 Å². The number of nitrogens with zero attached hydrogens (tertiary/aromatic N) is 3. The van der Waals surface area contributed by atoms with Crippen molar-refractivity contribution in [2.75, 3.05) is 25.0 Å². The predicted molar refractivity (Wildman–Crippen MR) is 56.5 cm³/mol. The highest BCUT2D eigenvalue weighted by Gasteiger charge is 2.26. The van der Waals surface area contributed by atoms with Gasteiger partial charge in [-0.1, -0.05) is 6.07 Å². The fourth-order valence-electron chi connectivity index (χ4n) is 1.63. The number of hydrogen-bond donors (Lipinski definition) is 0. The number of rotatable bonds is 1. The number of anilines is 1. The molecule has 2 amide bonds. The predicted octanol–water partition coefficient (Wildman–Crippen LogP) is 1.43. The van der Waals surface area contributed by atoms with E-state index in [-0.39, 0.29) is 6.03 Å². The Balaban J connectivity index is 2.31. The number of benzene rings is 1. The Morgan fingerprint density at radius 1 is 1.40 bits per heavy atom. The molecule has 0 bridgehead atoms. The molecular formula is C11H11N3O. The van der Waals surface area contributed by atoms with Crippen LogP contribution < -0.4 is 4.90 Å². The third kappa shape index (κ3) is 1.64. The monoisotopic (exact) mass is 201 g/mol. The summed E-state index contributed by atoms with van der Waals surface area (Å²) in [7, 11) is 1.77. The smallest absolute Gasteiger partial charge is 0.324 e. The molecule has 0 aromatic heterocycles. The zero-order valence-corrected chi connectivity index (χ0v) is 8.47. The van der Waals surface area contributed by atoms with Crippen LogP contribution in [0.2, 0.25) is 0 Å². The van der Waals surface area contributed by atoms with E-state index in [0.29, 0.717) is 12.1 Å². The van der Waals surface area contributed by atoms with E-state index in [1.165, 1.54) is 0 Å². The largest absolute Gasteiger partial charge is 0.326 e. The first-order valence-electron chi connectivity index (χ1n) is 4.75. The van der Waals surface area contributed by atoms with E-state index in [2.05, 4.69) is 6.07 Å². The van der Waals surface area contributed by atoms with Gasteiger partial charge in [-0.15, -0.1) is 0 Å². The summed E-state index contributed by atoms with van der Waals surface area (Å²) in [5, 5.41) is 8.76. The van der Waals surface area contributed by atoms with Gasteiger partial charge in [-0.05, 0) is 18.2 Å². The highest BCUT2D eigenvalue weighted by molar-refractivity contribution is 5.94. The molecule has 0 aliphatic carbocycles. The molecule has 4 heteroatoms. The van der Waals surface area contributed by atoms with Crippen LogP contribution >= 0.6 is 0 Å². The van der Waals surface area contributed by atoms with Crippen molar-refractivity contribution in [3.8, 4) is 6.07 Å². The Hall–Kier alpha value is -2.02. The summed E-state index contributed by atoms with van der Waals surface area (Å²) < 4.78 is 0. The number of amides is 2. The summed E-state index contributed by atoms with van der Waals surface area (Å²) in [5.74, 6) is 0. The molecule has 1 fully saturated rings. The normalized spacial score (nSPS) is 15.6. The molecule has 2 rings (SSSR count). The van der Waals surface area contributed by atoms with Crippen LogP contribution in [-0.4, -0.2) is 31.1 Å². The van der Waals surface area contributed by atoms with E-state index in [0.717, 1.165) is 12.2 Å². The highest BCUT2D eigenvalue weighted by Crippen LogP contribution is 2.20.